The highest BCUT2D eigenvalue weighted by atomic mass is 15.1. The molecule has 1 aliphatic heterocycles. The zero-order valence-electron chi connectivity index (χ0n) is 14.3. The fourth-order valence-electron chi connectivity index (χ4n) is 3.64. The maximum Gasteiger partial charge on any atom is 0.0712 e. The van der Waals surface area contributed by atoms with E-state index in [4.69, 9.17) is 4.99 Å². The van der Waals surface area contributed by atoms with E-state index < -0.39 is 0 Å². The van der Waals surface area contributed by atoms with Gasteiger partial charge in [-0.25, -0.2) is 0 Å². The third kappa shape index (κ3) is 2.47. The van der Waals surface area contributed by atoms with Crippen LogP contribution in [-0.2, 0) is 0 Å². The molecule has 0 N–H and O–H groups in total. The Labute approximate surface area is 153 Å². The molecule has 0 fully saturated rings. The Morgan fingerprint density at radius 3 is 2.00 bits per heavy atom. The predicted octanol–water partition coefficient (Wildman–Crippen LogP) is 6.28. The third-order valence-corrected chi connectivity index (χ3v) is 4.84. The molecule has 2 nitrogen and oxygen atoms in total. The predicted molar refractivity (Wildman–Crippen MR) is 109 cm³/mol. The molecular weight excluding hydrogens is 316 g/mol. The summed E-state index contributed by atoms with van der Waals surface area (Å²) < 4.78 is 0. The lowest BCUT2D eigenvalue weighted by molar-refractivity contribution is 1.18. The van der Waals surface area contributed by atoms with Crippen LogP contribution in [0.25, 0.3) is 5.57 Å². The van der Waals surface area contributed by atoms with Gasteiger partial charge < -0.3 is 4.90 Å². The topological polar surface area (TPSA) is 15.6 Å². The molecule has 0 amide bonds. The van der Waals surface area contributed by atoms with Gasteiger partial charge in [0, 0.05) is 34.6 Å². The van der Waals surface area contributed by atoms with E-state index in [0.717, 1.165) is 29.2 Å². The van der Waals surface area contributed by atoms with E-state index >= 15 is 0 Å². The van der Waals surface area contributed by atoms with Crippen LogP contribution in [0.2, 0.25) is 0 Å². The van der Waals surface area contributed by atoms with E-state index in [-0.39, 0.29) is 0 Å². The van der Waals surface area contributed by atoms with Crippen molar-refractivity contribution in [3.8, 4) is 0 Å². The summed E-state index contributed by atoms with van der Waals surface area (Å²) in [5.41, 5.74) is 8.23. The first-order chi connectivity index (χ1) is 12.9. The molecule has 2 aliphatic rings. The van der Waals surface area contributed by atoms with Crippen LogP contribution < -0.4 is 4.90 Å². The van der Waals surface area contributed by atoms with Gasteiger partial charge >= 0.3 is 0 Å². The molecule has 0 unspecified atom stereocenters. The number of allylic oxidation sites excluding steroid dienone is 3. The van der Waals surface area contributed by atoms with Gasteiger partial charge in [0.1, 0.15) is 0 Å². The Bertz CT molecular complexity index is 1000. The highest BCUT2D eigenvalue weighted by Crippen LogP contribution is 2.40. The molecule has 1 heterocycles. The largest absolute Gasteiger partial charge is 0.311 e. The lowest BCUT2D eigenvalue weighted by Gasteiger charge is -2.28. The van der Waals surface area contributed by atoms with Crippen LogP contribution in [0.1, 0.15) is 12.0 Å². The van der Waals surface area contributed by atoms with Crippen molar-refractivity contribution >= 4 is 28.3 Å². The van der Waals surface area contributed by atoms with Crippen LogP contribution in [0.3, 0.4) is 0 Å². The summed E-state index contributed by atoms with van der Waals surface area (Å²) in [5, 5.41) is 0. The molecule has 0 saturated heterocycles. The van der Waals surface area contributed by atoms with Crippen molar-refractivity contribution in [3.05, 3.63) is 108 Å². The molecule has 5 rings (SSSR count). The zero-order chi connectivity index (χ0) is 17.3. The van der Waals surface area contributed by atoms with Gasteiger partial charge in [-0.1, -0.05) is 60.7 Å². The Hall–Kier alpha value is -3.39. The Balaban J connectivity index is 1.63. The number of nitrogens with zero attached hydrogens (tertiary/aromatic N) is 2. The van der Waals surface area contributed by atoms with Crippen molar-refractivity contribution in [2.24, 2.45) is 4.99 Å². The van der Waals surface area contributed by atoms with Crippen LogP contribution in [-0.4, -0.2) is 5.71 Å². The summed E-state index contributed by atoms with van der Waals surface area (Å²) in [5.74, 6) is 0. The number of hydrogen-bond donors (Lipinski definition) is 0. The second kappa shape index (κ2) is 6.16. The number of benzene rings is 3. The second-order valence-electron chi connectivity index (χ2n) is 6.47. The minimum Gasteiger partial charge on any atom is -0.311 e. The smallest absolute Gasteiger partial charge is 0.0712 e. The minimum absolute atomic E-state index is 0.853. The Morgan fingerprint density at radius 1 is 0.692 bits per heavy atom. The lowest BCUT2D eigenvalue weighted by atomic mass is 9.95. The normalized spacial score (nSPS) is 14.7. The monoisotopic (exact) mass is 334 g/mol. The van der Waals surface area contributed by atoms with E-state index in [0.29, 0.717) is 0 Å². The highest BCUT2D eigenvalue weighted by Gasteiger charge is 2.25. The molecule has 124 valence electrons. The summed E-state index contributed by atoms with van der Waals surface area (Å²) in [6, 6.07) is 29.4. The molecule has 0 spiro atoms. The first-order valence-corrected chi connectivity index (χ1v) is 8.89. The van der Waals surface area contributed by atoms with Gasteiger partial charge in [-0.3, -0.25) is 4.99 Å². The molecule has 3 aromatic carbocycles. The number of aliphatic imine (C=N–C) groups is 1. The summed E-state index contributed by atoms with van der Waals surface area (Å²) >= 11 is 0. The highest BCUT2D eigenvalue weighted by molar-refractivity contribution is 6.30. The van der Waals surface area contributed by atoms with Crippen LogP contribution in [0.4, 0.5) is 17.1 Å². The van der Waals surface area contributed by atoms with E-state index in [2.05, 4.69) is 102 Å². The van der Waals surface area contributed by atoms with Crippen molar-refractivity contribution < 1.29 is 0 Å². The van der Waals surface area contributed by atoms with Crippen LogP contribution in [0, 0.1) is 0 Å². The fraction of sp³-hybridized carbons (Fsp3) is 0.0417. The van der Waals surface area contributed by atoms with E-state index in [9.17, 15) is 0 Å². The number of anilines is 2. The summed E-state index contributed by atoms with van der Waals surface area (Å²) in [4.78, 5) is 7.11. The molecular formula is C24H18N2. The van der Waals surface area contributed by atoms with E-state index in [1.807, 2.05) is 0 Å². The van der Waals surface area contributed by atoms with Crippen molar-refractivity contribution in [1.29, 1.82) is 0 Å². The number of fused-ring (bicyclic) bond motifs is 3. The average Bonchev–Trinajstić information content (AvgIpc) is 3.08. The molecule has 3 aromatic rings. The maximum atomic E-state index is 4.80. The second-order valence-corrected chi connectivity index (χ2v) is 6.47. The molecule has 0 atom stereocenters. The quantitative estimate of drug-likeness (QED) is 0.550. The van der Waals surface area contributed by atoms with Crippen molar-refractivity contribution in [2.75, 3.05) is 4.90 Å². The summed E-state index contributed by atoms with van der Waals surface area (Å²) in [7, 11) is 0. The van der Waals surface area contributed by atoms with Crippen molar-refractivity contribution in [2.45, 2.75) is 6.42 Å². The van der Waals surface area contributed by atoms with Gasteiger partial charge in [-0.15, -0.1) is 0 Å². The summed E-state index contributed by atoms with van der Waals surface area (Å²) in [6.45, 7) is 0. The first kappa shape index (κ1) is 14.9. The Kier molecular flexibility index (Phi) is 3.53. The molecule has 26 heavy (non-hydrogen) atoms. The van der Waals surface area contributed by atoms with Crippen LogP contribution >= 0.6 is 0 Å². The van der Waals surface area contributed by atoms with Gasteiger partial charge in [-0.2, -0.15) is 0 Å². The number of rotatable bonds is 3. The van der Waals surface area contributed by atoms with Gasteiger partial charge in [-0.05, 0) is 36.4 Å². The SMILES string of the molecule is C1=C2C(=Nc3ccccc32)CC=C1N(c1ccccc1)c1ccccc1. The molecule has 0 radical (unpaired) electrons. The van der Waals surface area contributed by atoms with Crippen LogP contribution in [0.5, 0.6) is 0 Å². The molecule has 0 saturated carbocycles. The van der Waals surface area contributed by atoms with E-state index in [1.54, 1.807) is 0 Å². The number of para-hydroxylation sites is 3. The molecule has 0 bridgehead atoms. The molecule has 0 aromatic heterocycles. The maximum absolute atomic E-state index is 4.80. The fourth-order valence-corrected chi connectivity index (χ4v) is 3.64. The average molecular weight is 334 g/mol. The lowest BCUT2D eigenvalue weighted by Crippen LogP contribution is -2.18. The summed E-state index contributed by atoms with van der Waals surface area (Å²) in [6.07, 6.45) is 5.40. The van der Waals surface area contributed by atoms with Crippen LogP contribution in [0.15, 0.2) is 108 Å². The zero-order valence-corrected chi connectivity index (χ0v) is 14.3. The standard InChI is InChI=1S/C24H18N2/c1-3-9-18(10-4-1)26(19-11-5-2-6-12-19)20-15-16-24-22(17-20)21-13-7-8-14-23(21)25-24/h1-15,17H,16H2. The van der Waals surface area contributed by atoms with Gasteiger partial charge in [0.25, 0.3) is 0 Å². The van der Waals surface area contributed by atoms with Gasteiger partial charge in [0.2, 0.25) is 0 Å². The third-order valence-electron chi connectivity index (χ3n) is 4.84. The van der Waals surface area contributed by atoms with Crippen molar-refractivity contribution in [3.63, 3.8) is 0 Å². The van der Waals surface area contributed by atoms with Crippen molar-refractivity contribution in [1.82, 2.24) is 0 Å². The van der Waals surface area contributed by atoms with Gasteiger partial charge in [0.15, 0.2) is 0 Å². The minimum atomic E-state index is 0.853. The van der Waals surface area contributed by atoms with Gasteiger partial charge in [0.05, 0.1) is 11.4 Å². The van der Waals surface area contributed by atoms with E-state index in [1.165, 1.54) is 16.8 Å². The first-order valence-electron chi connectivity index (χ1n) is 8.89. The number of hydrogen-bond acceptors (Lipinski definition) is 2. The Morgan fingerprint density at radius 2 is 1.31 bits per heavy atom. The molecule has 2 heteroatoms. The molecule has 1 aliphatic carbocycles.